The van der Waals surface area contributed by atoms with Gasteiger partial charge in [0.15, 0.2) is 0 Å². The summed E-state index contributed by atoms with van der Waals surface area (Å²) in [7, 11) is 0. The van der Waals surface area contributed by atoms with Crippen LogP contribution >= 0.6 is 0 Å². The van der Waals surface area contributed by atoms with E-state index in [0.717, 1.165) is 38.8 Å². The Labute approximate surface area is 330 Å². The van der Waals surface area contributed by atoms with Crippen molar-refractivity contribution in [3.05, 3.63) is 83.6 Å². The molecule has 54 heavy (non-hydrogen) atoms. The highest BCUT2D eigenvalue weighted by Gasteiger charge is 2.43. The molecular weight excluding hydrogens is 665 g/mol. The maximum Gasteiger partial charge on any atom is 0.305 e. The molecule has 2 aromatic carbocycles. The lowest BCUT2D eigenvalue weighted by Crippen LogP contribution is -2.40. The molecule has 0 saturated carbocycles. The largest absolute Gasteiger partial charge is 0.466 e. The lowest BCUT2D eigenvalue weighted by Gasteiger charge is -2.32. The summed E-state index contributed by atoms with van der Waals surface area (Å²) in [5, 5.41) is 0. The lowest BCUT2D eigenvalue weighted by atomic mass is 9.80. The molecule has 0 bridgehead atoms. The molecular formula is C49H74N2O3. The van der Waals surface area contributed by atoms with Gasteiger partial charge in [-0.3, -0.25) is 9.59 Å². The van der Waals surface area contributed by atoms with Crippen molar-refractivity contribution in [1.82, 2.24) is 0 Å². The Morgan fingerprint density at radius 3 is 1.78 bits per heavy atom. The second kappa shape index (κ2) is 22.3. The number of benzene rings is 2. The number of ketones is 1. The number of para-hydroxylation sites is 2. The van der Waals surface area contributed by atoms with Gasteiger partial charge in [-0.25, -0.2) is 0 Å². The van der Waals surface area contributed by atoms with Crippen molar-refractivity contribution in [1.29, 1.82) is 0 Å². The molecule has 0 amide bonds. The number of carbonyl (C=O) groups excluding carboxylic acids is 2. The van der Waals surface area contributed by atoms with Crippen LogP contribution in [0, 0.1) is 0 Å². The number of anilines is 2. The van der Waals surface area contributed by atoms with Gasteiger partial charge in [0, 0.05) is 60.3 Å². The Morgan fingerprint density at radius 2 is 1.17 bits per heavy atom. The van der Waals surface area contributed by atoms with E-state index >= 15 is 0 Å². The second-order valence-electron chi connectivity index (χ2n) is 17.0. The van der Waals surface area contributed by atoms with Crippen molar-refractivity contribution in [2.75, 3.05) is 29.5 Å². The van der Waals surface area contributed by atoms with E-state index in [-0.39, 0.29) is 16.8 Å². The lowest BCUT2D eigenvalue weighted by molar-refractivity contribution is -0.143. The molecule has 2 aliphatic heterocycles. The maximum absolute atomic E-state index is 11.6. The van der Waals surface area contributed by atoms with Gasteiger partial charge < -0.3 is 14.5 Å². The molecule has 0 saturated heterocycles. The van der Waals surface area contributed by atoms with Crippen LogP contribution in [-0.2, 0) is 25.2 Å². The van der Waals surface area contributed by atoms with Crippen LogP contribution in [0.3, 0.4) is 0 Å². The molecule has 1 atom stereocenters. The quantitative estimate of drug-likeness (QED) is 0.0710. The van der Waals surface area contributed by atoms with Crippen LogP contribution in [0.4, 0.5) is 11.4 Å². The molecule has 4 rings (SSSR count). The fraction of sp³-hybridized carbons (Fsp3) is 0.633. The van der Waals surface area contributed by atoms with E-state index in [9.17, 15) is 9.59 Å². The summed E-state index contributed by atoms with van der Waals surface area (Å²) < 4.78 is 5.05. The number of carbonyl (C=O) groups is 2. The molecule has 0 radical (unpaired) electrons. The number of esters is 1. The first-order valence-corrected chi connectivity index (χ1v) is 21.9. The number of allylic oxidation sites excluding steroid dienone is 3. The summed E-state index contributed by atoms with van der Waals surface area (Å²) in [4.78, 5) is 28.4. The van der Waals surface area contributed by atoms with Crippen molar-refractivity contribution in [3.8, 4) is 0 Å². The molecule has 0 aromatic heterocycles. The SMILES string of the molecule is CCOC(=O)CCCCCCCCCCN1c2ccccc2C(C)(C)C1/C=C/C=C1/N(CCCCCCCCCCC(=O)CC)c2ccccc2C1(C)C. The van der Waals surface area contributed by atoms with E-state index in [0.29, 0.717) is 31.3 Å². The third-order valence-electron chi connectivity index (χ3n) is 12.1. The molecule has 0 spiro atoms. The number of hydrogen-bond donors (Lipinski definition) is 0. The van der Waals surface area contributed by atoms with Gasteiger partial charge in [0.2, 0.25) is 0 Å². The Morgan fingerprint density at radius 1 is 0.648 bits per heavy atom. The molecule has 5 nitrogen and oxygen atoms in total. The van der Waals surface area contributed by atoms with E-state index < -0.39 is 0 Å². The van der Waals surface area contributed by atoms with Gasteiger partial charge in [0.25, 0.3) is 0 Å². The zero-order valence-corrected chi connectivity index (χ0v) is 35.1. The monoisotopic (exact) mass is 739 g/mol. The number of Topliss-reactive ketones (excluding diaryl/α,β-unsaturated/α-hetero) is 1. The first-order valence-electron chi connectivity index (χ1n) is 21.9. The summed E-state index contributed by atoms with van der Waals surface area (Å²) in [5.41, 5.74) is 7.03. The smallest absolute Gasteiger partial charge is 0.305 e. The van der Waals surface area contributed by atoms with Crippen molar-refractivity contribution >= 4 is 23.1 Å². The van der Waals surface area contributed by atoms with Crippen molar-refractivity contribution in [2.45, 2.75) is 180 Å². The molecule has 1 unspecified atom stereocenters. The molecule has 2 aliphatic rings. The van der Waals surface area contributed by atoms with E-state index in [1.54, 1.807) is 0 Å². The van der Waals surface area contributed by atoms with Crippen LogP contribution in [0.15, 0.2) is 72.5 Å². The van der Waals surface area contributed by atoms with Gasteiger partial charge in [-0.2, -0.15) is 0 Å². The molecule has 5 heteroatoms. The highest BCUT2D eigenvalue weighted by Crippen LogP contribution is 2.48. The van der Waals surface area contributed by atoms with Crippen LogP contribution in [0.5, 0.6) is 0 Å². The average molecular weight is 739 g/mol. The topological polar surface area (TPSA) is 49.9 Å². The summed E-state index contributed by atoms with van der Waals surface area (Å²) >= 11 is 0. The van der Waals surface area contributed by atoms with E-state index in [1.165, 1.54) is 112 Å². The Balaban J connectivity index is 1.32. The predicted molar refractivity (Wildman–Crippen MR) is 230 cm³/mol. The van der Waals surface area contributed by atoms with Gasteiger partial charge in [-0.15, -0.1) is 0 Å². The van der Waals surface area contributed by atoms with Crippen LogP contribution in [0.1, 0.15) is 175 Å². The standard InChI is InChI=1S/C49H74N2O3/c1-7-40(52)30-21-17-13-9-11-15-19-27-38-50-43-33-25-23-31-41(43)48(3,4)45(50)35-29-36-46-49(5,6)42-32-24-26-34-44(42)51(46)39-28-20-16-12-10-14-18-22-37-47(53)54-8-2/h23-26,29,31-36,46H,7-22,27-28,30,37-39H2,1-6H3/b36-29+,45-35+. The third-order valence-corrected chi connectivity index (χ3v) is 12.1. The second-order valence-corrected chi connectivity index (χ2v) is 17.0. The Kier molecular flexibility index (Phi) is 17.9. The number of ether oxygens (including phenoxy) is 1. The van der Waals surface area contributed by atoms with E-state index in [1.807, 2.05) is 13.8 Å². The van der Waals surface area contributed by atoms with Crippen LogP contribution in [0.2, 0.25) is 0 Å². The van der Waals surface area contributed by atoms with Crippen LogP contribution in [-0.4, -0.2) is 37.5 Å². The maximum atomic E-state index is 11.6. The normalized spacial score (nSPS) is 17.7. The first kappa shape index (κ1) is 43.4. The molecule has 0 fully saturated rings. The first-order chi connectivity index (χ1) is 26.1. The summed E-state index contributed by atoms with van der Waals surface area (Å²) in [6, 6.07) is 18.4. The fourth-order valence-electron chi connectivity index (χ4n) is 8.88. The molecule has 2 aromatic rings. The highest BCUT2D eigenvalue weighted by atomic mass is 16.5. The van der Waals surface area contributed by atoms with Gasteiger partial charge >= 0.3 is 5.97 Å². The number of unbranched alkanes of at least 4 members (excludes halogenated alkanes) is 14. The number of nitrogens with zero attached hydrogens (tertiary/aromatic N) is 2. The van der Waals surface area contributed by atoms with Crippen molar-refractivity contribution in [2.24, 2.45) is 0 Å². The molecule has 298 valence electrons. The summed E-state index contributed by atoms with van der Waals surface area (Å²) in [6.07, 6.45) is 28.7. The summed E-state index contributed by atoms with van der Waals surface area (Å²) in [6.45, 7) is 16.1. The van der Waals surface area contributed by atoms with Gasteiger partial charge in [-0.1, -0.05) is 160 Å². The third kappa shape index (κ3) is 12.1. The number of hydrogen-bond acceptors (Lipinski definition) is 5. The van der Waals surface area contributed by atoms with Crippen LogP contribution < -0.4 is 9.80 Å². The van der Waals surface area contributed by atoms with Gasteiger partial charge in [-0.05, 0) is 61.9 Å². The fourth-order valence-corrected chi connectivity index (χ4v) is 8.88. The number of rotatable bonds is 26. The Hall–Kier alpha value is -3.34. The van der Waals surface area contributed by atoms with E-state index in [2.05, 4.69) is 104 Å². The number of fused-ring (bicyclic) bond motifs is 2. The van der Waals surface area contributed by atoms with E-state index in [4.69, 9.17) is 4.74 Å². The van der Waals surface area contributed by atoms with Crippen LogP contribution in [0.25, 0.3) is 0 Å². The molecule has 0 aliphatic carbocycles. The molecule has 0 N–H and O–H groups in total. The minimum absolute atomic E-state index is 0.0237. The zero-order valence-electron chi connectivity index (χ0n) is 35.1. The predicted octanol–water partition coefficient (Wildman–Crippen LogP) is 13.0. The summed E-state index contributed by atoms with van der Waals surface area (Å²) in [5.74, 6) is 0.355. The zero-order chi connectivity index (χ0) is 38.8. The average Bonchev–Trinajstić information content (AvgIpc) is 3.51. The highest BCUT2D eigenvalue weighted by molar-refractivity contribution is 5.77. The Bertz CT molecular complexity index is 1500. The van der Waals surface area contributed by atoms with Gasteiger partial charge in [0.1, 0.15) is 5.78 Å². The molecule has 2 heterocycles. The van der Waals surface area contributed by atoms with Gasteiger partial charge in [0.05, 0.1) is 12.6 Å². The minimum Gasteiger partial charge on any atom is -0.466 e. The van der Waals surface area contributed by atoms with Crippen molar-refractivity contribution < 1.29 is 14.3 Å². The minimum atomic E-state index is -0.0536. The van der Waals surface area contributed by atoms with Crippen molar-refractivity contribution in [3.63, 3.8) is 0 Å².